The van der Waals surface area contributed by atoms with E-state index >= 15 is 0 Å². The number of benzene rings is 1. The summed E-state index contributed by atoms with van der Waals surface area (Å²) < 4.78 is 0. The number of aryl methyl sites for hydroxylation is 1. The van der Waals surface area contributed by atoms with Gasteiger partial charge in [-0.2, -0.15) is 0 Å². The van der Waals surface area contributed by atoms with Gasteiger partial charge in [0, 0.05) is 12.5 Å². The van der Waals surface area contributed by atoms with Crippen molar-refractivity contribution < 1.29 is 14.7 Å². The van der Waals surface area contributed by atoms with Crippen LogP contribution in [0.5, 0.6) is 0 Å². The normalized spacial score (nSPS) is 10.6. The molecule has 0 radical (unpaired) electrons. The van der Waals surface area contributed by atoms with E-state index in [9.17, 15) is 9.59 Å². The van der Waals surface area contributed by atoms with Crippen LogP contribution in [0.1, 0.15) is 23.1 Å². The molecule has 0 aliphatic carbocycles. The summed E-state index contributed by atoms with van der Waals surface area (Å²) in [5.41, 5.74) is 2.98. The third kappa shape index (κ3) is 3.35. The summed E-state index contributed by atoms with van der Waals surface area (Å²) in [4.78, 5) is 20.8. The van der Waals surface area contributed by atoms with Crippen molar-refractivity contribution in [1.82, 2.24) is 0 Å². The van der Waals surface area contributed by atoms with E-state index in [0.29, 0.717) is 12.8 Å². The number of aliphatic carboxylic acids is 1. The number of carboxylic acid groups (broad SMARTS) is 1. The minimum absolute atomic E-state index is 0.457. The van der Waals surface area contributed by atoms with Gasteiger partial charge in [0.1, 0.15) is 6.29 Å². The average Bonchev–Trinajstić information content (AvgIpc) is 2.25. The highest BCUT2D eigenvalue weighted by molar-refractivity contribution is 5.85. The molecule has 0 saturated carbocycles. The Morgan fingerprint density at radius 2 is 2.19 bits per heavy atom. The van der Waals surface area contributed by atoms with Gasteiger partial charge in [-0.05, 0) is 36.1 Å². The van der Waals surface area contributed by atoms with Crippen molar-refractivity contribution in [2.24, 2.45) is 0 Å². The van der Waals surface area contributed by atoms with Crippen LogP contribution >= 0.6 is 0 Å². The summed E-state index contributed by atoms with van der Waals surface area (Å²) in [6.45, 7) is 1.96. The smallest absolute Gasteiger partial charge is 0.328 e. The molecule has 0 spiro atoms. The minimum Gasteiger partial charge on any atom is -0.478 e. The van der Waals surface area contributed by atoms with Crippen LogP contribution in [-0.4, -0.2) is 17.4 Å². The van der Waals surface area contributed by atoms with E-state index in [1.165, 1.54) is 0 Å². The van der Waals surface area contributed by atoms with E-state index in [2.05, 4.69) is 0 Å². The van der Waals surface area contributed by atoms with E-state index in [4.69, 9.17) is 5.11 Å². The zero-order valence-electron chi connectivity index (χ0n) is 9.14. The maximum atomic E-state index is 10.4. The Balaban J connectivity index is 3.02. The second kappa shape index (κ2) is 5.85. The molecule has 0 amide bonds. The van der Waals surface area contributed by atoms with Gasteiger partial charge in [-0.15, -0.1) is 0 Å². The summed E-state index contributed by atoms with van der Waals surface area (Å²) in [5.74, 6) is -0.970. The van der Waals surface area contributed by atoms with Crippen LogP contribution in [0, 0.1) is 6.92 Å². The molecule has 1 aromatic rings. The first kappa shape index (κ1) is 12.2. The second-order valence-electron chi connectivity index (χ2n) is 3.52. The Bertz CT molecular complexity index is 419. The maximum Gasteiger partial charge on any atom is 0.328 e. The molecule has 0 aromatic heterocycles. The molecular weight excluding hydrogens is 204 g/mol. The third-order valence-corrected chi connectivity index (χ3v) is 2.36. The van der Waals surface area contributed by atoms with Crippen LogP contribution in [0.25, 0.3) is 6.08 Å². The van der Waals surface area contributed by atoms with Crippen LogP contribution in [-0.2, 0) is 16.0 Å². The monoisotopic (exact) mass is 218 g/mol. The van der Waals surface area contributed by atoms with Gasteiger partial charge in [0.2, 0.25) is 0 Å². The summed E-state index contributed by atoms with van der Waals surface area (Å²) in [6, 6.07) is 5.69. The molecule has 1 N–H and O–H groups in total. The number of aldehydes is 1. The van der Waals surface area contributed by atoms with Crippen molar-refractivity contribution in [3.05, 3.63) is 41.0 Å². The Morgan fingerprint density at radius 1 is 1.44 bits per heavy atom. The lowest BCUT2D eigenvalue weighted by Crippen LogP contribution is -1.95. The molecule has 16 heavy (non-hydrogen) atoms. The molecule has 0 aliphatic heterocycles. The largest absolute Gasteiger partial charge is 0.478 e. The fraction of sp³-hybridized carbons (Fsp3) is 0.231. The number of carbonyl (C=O) groups excluding carboxylic acids is 1. The molecule has 0 bridgehead atoms. The van der Waals surface area contributed by atoms with E-state index in [-0.39, 0.29) is 0 Å². The standard InChI is InChI=1S/C13H14O3/c1-10-4-2-5-11(7-8-13(15)16)12(10)6-3-9-14/h2,4-5,7-9H,3,6H2,1H3,(H,15,16)/b8-7+. The van der Waals surface area contributed by atoms with E-state index < -0.39 is 5.97 Å². The molecule has 3 nitrogen and oxygen atoms in total. The van der Waals surface area contributed by atoms with Gasteiger partial charge in [0.05, 0.1) is 0 Å². The Labute approximate surface area is 94.4 Å². The maximum absolute atomic E-state index is 10.4. The Morgan fingerprint density at radius 3 is 2.81 bits per heavy atom. The van der Waals surface area contributed by atoms with Crippen LogP contribution < -0.4 is 0 Å². The Hall–Kier alpha value is -1.90. The lowest BCUT2D eigenvalue weighted by atomic mass is 9.97. The van der Waals surface area contributed by atoms with Gasteiger partial charge < -0.3 is 9.90 Å². The van der Waals surface area contributed by atoms with Crippen LogP contribution in [0.15, 0.2) is 24.3 Å². The number of carbonyl (C=O) groups is 2. The van der Waals surface area contributed by atoms with Crippen molar-refractivity contribution in [2.75, 3.05) is 0 Å². The topological polar surface area (TPSA) is 54.4 Å². The van der Waals surface area contributed by atoms with E-state index in [1.54, 1.807) is 6.08 Å². The van der Waals surface area contributed by atoms with Gasteiger partial charge in [-0.3, -0.25) is 0 Å². The van der Waals surface area contributed by atoms with Crippen LogP contribution in [0.4, 0.5) is 0 Å². The predicted octanol–water partition coefficient (Wildman–Crippen LogP) is 2.22. The van der Waals surface area contributed by atoms with Crippen molar-refractivity contribution in [3.63, 3.8) is 0 Å². The van der Waals surface area contributed by atoms with Gasteiger partial charge in [0.25, 0.3) is 0 Å². The lowest BCUT2D eigenvalue weighted by molar-refractivity contribution is -0.131. The zero-order chi connectivity index (χ0) is 12.0. The van der Waals surface area contributed by atoms with Gasteiger partial charge in [0.15, 0.2) is 0 Å². The molecule has 3 heteroatoms. The summed E-state index contributed by atoms with van der Waals surface area (Å²) in [5, 5.41) is 8.57. The molecule has 0 fully saturated rings. The predicted molar refractivity (Wildman–Crippen MR) is 62.2 cm³/mol. The molecule has 0 heterocycles. The van der Waals surface area contributed by atoms with E-state index in [1.807, 2.05) is 25.1 Å². The highest BCUT2D eigenvalue weighted by Crippen LogP contribution is 2.17. The first-order chi connectivity index (χ1) is 7.65. The zero-order valence-corrected chi connectivity index (χ0v) is 9.14. The third-order valence-electron chi connectivity index (χ3n) is 2.36. The summed E-state index contributed by atoms with van der Waals surface area (Å²) >= 11 is 0. The molecule has 84 valence electrons. The fourth-order valence-corrected chi connectivity index (χ4v) is 1.59. The van der Waals surface area contributed by atoms with Crippen molar-refractivity contribution in [3.8, 4) is 0 Å². The number of hydrogen-bond acceptors (Lipinski definition) is 2. The molecule has 0 unspecified atom stereocenters. The second-order valence-corrected chi connectivity index (χ2v) is 3.52. The van der Waals surface area contributed by atoms with Crippen LogP contribution in [0.3, 0.4) is 0 Å². The molecule has 0 saturated heterocycles. The average molecular weight is 218 g/mol. The SMILES string of the molecule is Cc1cccc(/C=C/C(=O)O)c1CCC=O. The van der Waals surface area contributed by atoms with Crippen LogP contribution in [0.2, 0.25) is 0 Å². The summed E-state index contributed by atoms with van der Waals surface area (Å²) in [6.07, 6.45) is 4.65. The van der Waals surface area contributed by atoms with Gasteiger partial charge >= 0.3 is 5.97 Å². The van der Waals surface area contributed by atoms with Crippen molar-refractivity contribution >= 4 is 18.3 Å². The molecule has 1 rings (SSSR count). The highest BCUT2D eigenvalue weighted by Gasteiger charge is 2.03. The highest BCUT2D eigenvalue weighted by atomic mass is 16.4. The lowest BCUT2D eigenvalue weighted by Gasteiger charge is -2.07. The first-order valence-electron chi connectivity index (χ1n) is 5.08. The van der Waals surface area contributed by atoms with Gasteiger partial charge in [-0.25, -0.2) is 4.79 Å². The van der Waals surface area contributed by atoms with Crippen molar-refractivity contribution in [2.45, 2.75) is 19.8 Å². The van der Waals surface area contributed by atoms with E-state index in [0.717, 1.165) is 29.1 Å². The quantitative estimate of drug-likeness (QED) is 0.609. The number of rotatable bonds is 5. The first-order valence-corrected chi connectivity index (χ1v) is 5.08. The Kier molecular flexibility index (Phi) is 4.45. The molecule has 0 aliphatic rings. The fourth-order valence-electron chi connectivity index (χ4n) is 1.59. The molecular formula is C13H14O3. The molecule has 1 aromatic carbocycles. The number of hydrogen-bond donors (Lipinski definition) is 1. The molecule has 0 atom stereocenters. The van der Waals surface area contributed by atoms with Crippen molar-refractivity contribution in [1.29, 1.82) is 0 Å². The summed E-state index contributed by atoms with van der Waals surface area (Å²) in [7, 11) is 0. The number of carboxylic acids is 1. The minimum atomic E-state index is -0.970. The van der Waals surface area contributed by atoms with Gasteiger partial charge in [-0.1, -0.05) is 18.2 Å².